The SMILES string of the molecule is Nc1cc(Cl)c(F)c(S(=O)(=O)N2CCNC(=O)C2)c1. The van der Waals surface area contributed by atoms with Crippen molar-refractivity contribution in [2.45, 2.75) is 4.90 Å². The maximum absolute atomic E-state index is 13.8. The van der Waals surface area contributed by atoms with Gasteiger partial charge in [0.05, 0.1) is 11.6 Å². The zero-order valence-corrected chi connectivity index (χ0v) is 11.3. The van der Waals surface area contributed by atoms with Crippen LogP contribution >= 0.6 is 11.6 Å². The van der Waals surface area contributed by atoms with Crippen molar-refractivity contribution in [2.75, 3.05) is 25.4 Å². The van der Waals surface area contributed by atoms with E-state index in [9.17, 15) is 17.6 Å². The summed E-state index contributed by atoms with van der Waals surface area (Å²) >= 11 is 5.58. The fourth-order valence-electron chi connectivity index (χ4n) is 1.73. The monoisotopic (exact) mass is 307 g/mol. The van der Waals surface area contributed by atoms with Crippen LogP contribution in [0.4, 0.5) is 10.1 Å². The van der Waals surface area contributed by atoms with Crippen LogP contribution in [-0.4, -0.2) is 38.3 Å². The van der Waals surface area contributed by atoms with Gasteiger partial charge in [0.15, 0.2) is 5.82 Å². The number of rotatable bonds is 2. The Morgan fingerprint density at radius 2 is 2.11 bits per heavy atom. The van der Waals surface area contributed by atoms with Gasteiger partial charge < -0.3 is 11.1 Å². The zero-order chi connectivity index (χ0) is 14.2. The Morgan fingerprint density at radius 1 is 1.42 bits per heavy atom. The Kier molecular flexibility index (Phi) is 3.66. The molecule has 0 aromatic heterocycles. The summed E-state index contributed by atoms with van der Waals surface area (Å²) in [6.07, 6.45) is 0. The molecule has 104 valence electrons. The Labute approximate surface area is 114 Å². The lowest BCUT2D eigenvalue weighted by Crippen LogP contribution is -2.49. The molecule has 1 aliphatic heterocycles. The van der Waals surface area contributed by atoms with Gasteiger partial charge in [0.25, 0.3) is 0 Å². The minimum absolute atomic E-state index is 0.0337. The summed E-state index contributed by atoms with van der Waals surface area (Å²) in [6, 6.07) is 2.11. The molecule has 9 heteroatoms. The number of anilines is 1. The van der Waals surface area contributed by atoms with E-state index in [4.69, 9.17) is 17.3 Å². The minimum Gasteiger partial charge on any atom is -0.399 e. The van der Waals surface area contributed by atoms with E-state index in [0.717, 1.165) is 16.4 Å². The van der Waals surface area contributed by atoms with Crippen LogP contribution in [0, 0.1) is 5.82 Å². The number of nitrogen functional groups attached to an aromatic ring is 1. The van der Waals surface area contributed by atoms with Crippen molar-refractivity contribution in [3.05, 3.63) is 23.0 Å². The molecule has 0 spiro atoms. The van der Waals surface area contributed by atoms with Gasteiger partial charge in [0.2, 0.25) is 15.9 Å². The summed E-state index contributed by atoms with van der Waals surface area (Å²) < 4.78 is 39.2. The van der Waals surface area contributed by atoms with Crippen LogP contribution in [0.5, 0.6) is 0 Å². The molecule has 0 saturated carbocycles. The van der Waals surface area contributed by atoms with E-state index < -0.39 is 26.6 Å². The predicted molar refractivity (Wildman–Crippen MR) is 67.6 cm³/mol. The van der Waals surface area contributed by atoms with Gasteiger partial charge in [-0.1, -0.05) is 11.6 Å². The number of benzene rings is 1. The first kappa shape index (κ1) is 14.0. The molecular weight excluding hydrogens is 297 g/mol. The predicted octanol–water partition coefficient (Wildman–Crippen LogP) is 0.182. The number of sulfonamides is 1. The van der Waals surface area contributed by atoms with Gasteiger partial charge in [-0.05, 0) is 12.1 Å². The highest BCUT2D eigenvalue weighted by molar-refractivity contribution is 7.89. The first-order valence-electron chi connectivity index (χ1n) is 5.34. The number of hydrogen-bond acceptors (Lipinski definition) is 4. The molecule has 1 aromatic rings. The molecule has 1 aliphatic rings. The molecule has 1 aromatic carbocycles. The molecule has 3 N–H and O–H groups in total. The zero-order valence-electron chi connectivity index (χ0n) is 9.69. The van der Waals surface area contributed by atoms with Gasteiger partial charge in [-0.25, -0.2) is 12.8 Å². The molecular formula is C10H11ClFN3O3S. The second kappa shape index (κ2) is 4.95. The molecule has 19 heavy (non-hydrogen) atoms. The van der Waals surface area contributed by atoms with Crippen LogP contribution in [0.1, 0.15) is 0 Å². The Bertz CT molecular complexity index is 635. The van der Waals surface area contributed by atoms with Gasteiger partial charge >= 0.3 is 0 Å². The fourth-order valence-corrected chi connectivity index (χ4v) is 3.53. The molecule has 0 aliphatic carbocycles. The van der Waals surface area contributed by atoms with Crippen LogP contribution in [0.2, 0.25) is 5.02 Å². The second-order valence-corrected chi connectivity index (χ2v) is 6.32. The van der Waals surface area contributed by atoms with Gasteiger partial charge in [-0.15, -0.1) is 0 Å². The largest absolute Gasteiger partial charge is 0.399 e. The minimum atomic E-state index is -4.14. The summed E-state index contributed by atoms with van der Waals surface area (Å²) in [6.45, 7) is -0.107. The summed E-state index contributed by atoms with van der Waals surface area (Å²) in [7, 11) is -4.14. The van der Waals surface area contributed by atoms with Crippen LogP contribution in [0.15, 0.2) is 17.0 Å². The molecule has 1 amide bonds. The van der Waals surface area contributed by atoms with E-state index in [1.54, 1.807) is 0 Å². The first-order valence-corrected chi connectivity index (χ1v) is 7.15. The first-order chi connectivity index (χ1) is 8.82. The molecule has 0 bridgehead atoms. The van der Waals surface area contributed by atoms with E-state index in [2.05, 4.69) is 5.32 Å². The number of piperazine rings is 1. The standard InChI is InChI=1S/C10H11ClFN3O3S/c11-7-3-6(13)4-8(10(7)12)19(17,18)15-2-1-14-9(16)5-15/h3-4H,1-2,5,13H2,(H,14,16). The summed E-state index contributed by atoms with van der Waals surface area (Å²) in [4.78, 5) is 10.6. The maximum Gasteiger partial charge on any atom is 0.246 e. The van der Waals surface area contributed by atoms with Gasteiger partial charge in [-0.2, -0.15) is 4.31 Å². The Hall–Kier alpha value is -1.38. The lowest BCUT2D eigenvalue weighted by atomic mass is 10.3. The van der Waals surface area contributed by atoms with E-state index in [-0.39, 0.29) is 30.3 Å². The normalized spacial score (nSPS) is 17.3. The van der Waals surface area contributed by atoms with Crippen LogP contribution < -0.4 is 11.1 Å². The molecule has 0 unspecified atom stereocenters. The Morgan fingerprint density at radius 3 is 2.74 bits per heavy atom. The van der Waals surface area contributed by atoms with Crippen molar-refractivity contribution < 1.29 is 17.6 Å². The van der Waals surface area contributed by atoms with E-state index in [1.165, 1.54) is 0 Å². The topological polar surface area (TPSA) is 92.5 Å². The van der Waals surface area contributed by atoms with E-state index >= 15 is 0 Å². The molecule has 0 atom stereocenters. The number of nitrogens with one attached hydrogen (secondary N) is 1. The number of nitrogens with zero attached hydrogens (tertiary/aromatic N) is 1. The smallest absolute Gasteiger partial charge is 0.246 e. The lowest BCUT2D eigenvalue weighted by molar-refractivity contribution is -0.122. The molecule has 1 saturated heterocycles. The molecule has 1 heterocycles. The third kappa shape index (κ3) is 2.65. The van der Waals surface area contributed by atoms with Crippen LogP contribution in [-0.2, 0) is 14.8 Å². The third-order valence-corrected chi connectivity index (χ3v) is 4.76. The highest BCUT2D eigenvalue weighted by Gasteiger charge is 2.32. The lowest BCUT2D eigenvalue weighted by Gasteiger charge is -2.26. The number of halogens is 2. The van der Waals surface area contributed by atoms with Crippen molar-refractivity contribution in [1.29, 1.82) is 0 Å². The Balaban J connectivity index is 2.47. The number of nitrogens with two attached hydrogens (primary N) is 1. The van der Waals surface area contributed by atoms with Crippen LogP contribution in [0.3, 0.4) is 0 Å². The quantitative estimate of drug-likeness (QED) is 0.762. The second-order valence-electron chi connectivity index (χ2n) is 4.00. The fraction of sp³-hybridized carbons (Fsp3) is 0.300. The molecule has 6 nitrogen and oxygen atoms in total. The average Bonchev–Trinajstić information content (AvgIpc) is 2.33. The van der Waals surface area contributed by atoms with Crippen LogP contribution in [0.25, 0.3) is 0 Å². The van der Waals surface area contributed by atoms with E-state index in [0.29, 0.717) is 0 Å². The number of hydrogen-bond donors (Lipinski definition) is 2. The summed E-state index contributed by atoms with van der Waals surface area (Å²) in [5, 5.41) is 2.11. The average molecular weight is 308 g/mol. The van der Waals surface area contributed by atoms with Crippen molar-refractivity contribution >= 4 is 33.2 Å². The maximum atomic E-state index is 13.8. The highest BCUT2D eigenvalue weighted by Crippen LogP contribution is 2.28. The van der Waals surface area contributed by atoms with Crippen molar-refractivity contribution in [1.82, 2.24) is 9.62 Å². The number of carbonyl (C=O) groups is 1. The van der Waals surface area contributed by atoms with Crippen molar-refractivity contribution in [3.8, 4) is 0 Å². The summed E-state index contributed by atoms with van der Waals surface area (Å²) in [5.41, 5.74) is 5.50. The molecule has 0 radical (unpaired) electrons. The van der Waals surface area contributed by atoms with Crippen molar-refractivity contribution in [2.24, 2.45) is 0 Å². The molecule has 1 fully saturated rings. The van der Waals surface area contributed by atoms with E-state index in [1.807, 2.05) is 0 Å². The third-order valence-electron chi connectivity index (χ3n) is 2.64. The number of carbonyl (C=O) groups excluding carboxylic acids is 1. The number of amides is 1. The molecule has 2 rings (SSSR count). The van der Waals surface area contributed by atoms with Gasteiger partial charge in [-0.3, -0.25) is 4.79 Å². The summed E-state index contributed by atoms with van der Waals surface area (Å²) in [5.74, 6) is -1.51. The van der Waals surface area contributed by atoms with Gasteiger partial charge in [0.1, 0.15) is 4.90 Å². The van der Waals surface area contributed by atoms with Gasteiger partial charge in [0, 0.05) is 18.8 Å². The highest BCUT2D eigenvalue weighted by atomic mass is 35.5. The van der Waals surface area contributed by atoms with Crippen molar-refractivity contribution in [3.63, 3.8) is 0 Å².